The van der Waals surface area contributed by atoms with Gasteiger partial charge in [0.1, 0.15) is 15.6 Å². The van der Waals surface area contributed by atoms with Gasteiger partial charge in [0.15, 0.2) is 5.76 Å². The summed E-state index contributed by atoms with van der Waals surface area (Å²) in [4.78, 5) is 11.5. The number of hydrogen-bond acceptors (Lipinski definition) is 5. The standard InChI is InChI=1S/C10H16N2O4S/c1-17(14,15)6-2-5-12-10(13)9-4-3-8(7-11)16-9/h3-4H,2,5-7,11H2,1H3,(H,12,13). The smallest absolute Gasteiger partial charge is 0.286 e. The van der Waals surface area contributed by atoms with E-state index in [1.165, 1.54) is 6.07 Å². The minimum Gasteiger partial charge on any atom is -0.455 e. The number of amides is 1. The van der Waals surface area contributed by atoms with Crippen LogP contribution in [0.4, 0.5) is 0 Å². The lowest BCUT2D eigenvalue weighted by molar-refractivity contribution is 0.0924. The second kappa shape index (κ2) is 5.83. The van der Waals surface area contributed by atoms with E-state index >= 15 is 0 Å². The van der Waals surface area contributed by atoms with Gasteiger partial charge in [-0.15, -0.1) is 0 Å². The molecule has 17 heavy (non-hydrogen) atoms. The number of sulfone groups is 1. The maximum absolute atomic E-state index is 11.5. The maximum atomic E-state index is 11.5. The second-order valence-electron chi connectivity index (χ2n) is 3.71. The maximum Gasteiger partial charge on any atom is 0.286 e. The molecule has 1 heterocycles. The number of rotatable bonds is 6. The summed E-state index contributed by atoms with van der Waals surface area (Å²) in [7, 11) is -2.98. The molecule has 0 aromatic carbocycles. The topological polar surface area (TPSA) is 102 Å². The van der Waals surface area contributed by atoms with Crippen LogP contribution in [0.5, 0.6) is 0 Å². The molecule has 0 unspecified atom stereocenters. The Labute approximate surface area is 100 Å². The highest BCUT2D eigenvalue weighted by Gasteiger charge is 2.10. The molecular formula is C10H16N2O4S. The molecule has 7 heteroatoms. The molecule has 3 N–H and O–H groups in total. The second-order valence-corrected chi connectivity index (χ2v) is 5.97. The SMILES string of the molecule is CS(=O)(=O)CCCNC(=O)c1ccc(CN)o1. The molecule has 0 spiro atoms. The summed E-state index contributed by atoms with van der Waals surface area (Å²) in [6, 6.07) is 3.17. The van der Waals surface area contributed by atoms with Gasteiger partial charge < -0.3 is 15.5 Å². The van der Waals surface area contributed by atoms with E-state index in [1.54, 1.807) is 6.07 Å². The molecular weight excluding hydrogens is 244 g/mol. The Morgan fingerprint density at radius 2 is 2.18 bits per heavy atom. The first-order valence-corrected chi connectivity index (χ1v) is 7.23. The Morgan fingerprint density at radius 1 is 1.47 bits per heavy atom. The number of nitrogens with one attached hydrogen (secondary N) is 1. The van der Waals surface area contributed by atoms with Crippen LogP contribution in [0.25, 0.3) is 0 Å². The first-order chi connectivity index (χ1) is 7.92. The molecule has 1 amide bonds. The van der Waals surface area contributed by atoms with Gasteiger partial charge in [0, 0.05) is 12.8 Å². The molecule has 0 bridgehead atoms. The Kier molecular flexibility index (Phi) is 4.71. The van der Waals surface area contributed by atoms with Gasteiger partial charge in [-0.05, 0) is 18.6 Å². The van der Waals surface area contributed by atoms with Crippen molar-refractivity contribution in [3.63, 3.8) is 0 Å². The summed E-state index contributed by atoms with van der Waals surface area (Å²) in [6.07, 6.45) is 1.55. The zero-order valence-electron chi connectivity index (χ0n) is 9.60. The fourth-order valence-electron chi connectivity index (χ4n) is 1.23. The average Bonchev–Trinajstić information content (AvgIpc) is 2.71. The summed E-state index contributed by atoms with van der Waals surface area (Å²) < 4.78 is 26.8. The normalized spacial score (nSPS) is 11.4. The highest BCUT2D eigenvalue weighted by Crippen LogP contribution is 2.06. The lowest BCUT2D eigenvalue weighted by atomic mass is 10.4. The van der Waals surface area contributed by atoms with Crippen molar-refractivity contribution in [2.75, 3.05) is 18.6 Å². The fourth-order valence-corrected chi connectivity index (χ4v) is 1.90. The van der Waals surface area contributed by atoms with Gasteiger partial charge in [-0.1, -0.05) is 0 Å². The minimum atomic E-state index is -2.98. The molecule has 0 fully saturated rings. The molecule has 0 saturated heterocycles. The molecule has 6 nitrogen and oxygen atoms in total. The third-order valence-corrected chi connectivity index (χ3v) is 3.09. The summed E-state index contributed by atoms with van der Waals surface area (Å²) in [5.74, 6) is 0.411. The predicted molar refractivity (Wildman–Crippen MR) is 63.3 cm³/mol. The molecule has 1 aromatic rings. The lowest BCUT2D eigenvalue weighted by Gasteiger charge is -2.02. The van der Waals surface area contributed by atoms with Crippen molar-refractivity contribution in [3.05, 3.63) is 23.7 Å². The third kappa shape index (κ3) is 5.01. The first-order valence-electron chi connectivity index (χ1n) is 5.17. The molecule has 1 rings (SSSR count). The average molecular weight is 260 g/mol. The Hall–Kier alpha value is -1.34. The number of carbonyl (C=O) groups excluding carboxylic acids is 1. The molecule has 96 valence electrons. The quantitative estimate of drug-likeness (QED) is 0.695. The van der Waals surface area contributed by atoms with Gasteiger partial charge in [-0.3, -0.25) is 4.79 Å². The van der Waals surface area contributed by atoms with Crippen molar-refractivity contribution in [1.29, 1.82) is 0 Å². The van der Waals surface area contributed by atoms with Crippen LogP contribution in [0.3, 0.4) is 0 Å². The van der Waals surface area contributed by atoms with Crippen molar-refractivity contribution < 1.29 is 17.6 Å². The Bertz CT molecular complexity index is 478. The predicted octanol–water partition coefficient (Wildman–Crippen LogP) is -0.0972. The van der Waals surface area contributed by atoms with Crippen molar-refractivity contribution in [2.24, 2.45) is 5.73 Å². The van der Waals surface area contributed by atoms with Crippen LogP contribution in [-0.4, -0.2) is 32.9 Å². The molecule has 0 aliphatic rings. The minimum absolute atomic E-state index is 0.0550. The molecule has 0 aliphatic carbocycles. The summed E-state index contributed by atoms with van der Waals surface area (Å²) >= 11 is 0. The van der Waals surface area contributed by atoms with Crippen LogP contribution >= 0.6 is 0 Å². The van der Waals surface area contributed by atoms with E-state index in [0.29, 0.717) is 18.7 Å². The number of furan rings is 1. The summed E-state index contributed by atoms with van der Waals surface area (Å²) in [6.45, 7) is 0.534. The van der Waals surface area contributed by atoms with Crippen LogP contribution < -0.4 is 11.1 Å². The van der Waals surface area contributed by atoms with E-state index in [0.717, 1.165) is 6.26 Å². The van der Waals surface area contributed by atoms with Crippen molar-refractivity contribution >= 4 is 15.7 Å². The largest absolute Gasteiger partial charge is 0.455 e. The van der Waals surface area contributed by atoms with Gasteiger partial charge in [0.25, 0.3) is 5.91 Å². The van der Waals surface area contributed by atoms with E-state index < -0.39 is 9.84 Å². The van der Waals surface area contributed by atoms with Gasteiger partial charge >= 0.3 is 0 Å². The monoisotopic (exact) mass is 260 g/mol. The van der Waals surface area contributed by atoms with Gasteiger partial charge in [-0.25, -0.2) is 8.42 Å². The molecule has 1 aromatic heterocycles. The van der Waals surface area contributed by atoms with Crippen LogP contribution in [-0.2, 0) is 16.4 Å². The molecule has 0 radical (unpaired) electrons. The van der Waals surface area contributed by atoms with Gasteiger partial charge in [0.05, 0.1) is 12.3 Å². The number of carbonyl (C=O) groups is 1. The Morgan fingerprint density at radius 3 is 2.71 bits per heavy atom. The zero-order valence-corrected chi connectivity index (χ0v) is 10.4. The van der Waals surface area contributed by atoms with E-state index in [-0.39, 0.29) is 24.0 Å². The summed E-state index contributed by atoms with van der Waals surface area (Å²) in [5.41, 5.74) is 5.34. The van der Waals surface area contributed by atoms with Gasteiger partial charge in [0.2, 0.25) is 0 Å². The number of hydrogen-bond donors (Lipinski definition) is 2. The van der Waals surface area contributed by atoms with Crippen molar-refractivity contribution in [1.82, 2.24) is 5.32 Å². The van der Waals surface area contributed by atoms with E-state index in [4.69, 9.17) is 10.2 Å². The van der Waals surface area contributed by atoms with Gasteiger partial charge in [-0.2, -0.15) is 0 Å². The molecule has 0 atom stereocenters. The van der Waals surface area contributed by atoms with Crippen LogP contribution in [0, 0.1) is 0 Å². The molecule has 0 aliphatic heterocycles. The van der Waals surface area contributed by atoms with Crippen LogP contribution in [0.1, 0.15) is 22.7 Å². The third-order valence-electron chi connectivity index (χ3n) is 2.06. The van der Waals surface area contributed by atoms with Crippen molar-refractivity contribution in [2.45, 2.75) is 13.0 Å². The highest BCUT2D eigenvalue weighted by molar-refractivity contribution is 7.90. The summed E-state index contributed by atoms with van der Waals surface area (Å²) in [5, 5.41) is 2.57. The van der Waals surface area contributed by atoms with Crippen LogP contribution in [0.15, 0.2) is 16.5 Å². The van der Waals surface area contributed by atoms with Crippen LogP contribution in [0.2, 0.25) is 0 Å². The zero-order chi connectivity index (χ0) is 12.9. The highest BCUT2D eigenvalue weighted by atomic mass is 32.2. The van der Waals surface area contributed by atoms with E-state index in [9.17, 15) is 13.2 Å². The number of nitrogens with two attached hydrogens (primary N) is 1. The lowest BCUT2D eigenvalue weighted by Crippen LogP contribution is -2.25. The fraction of sp³-hybridized carbons (Fsp3) is 0.500. The first kappa shape index (κ1) is 13.7. The van der Waals surface area contributed by atoms with E-state index in [1.807, 2.05) is 0 Å². The van der Waals surface area contributed by atoms with E-state index in [2.05, 4.69) is 5.32 Å². The van der Waals surface area contributed by atoms with Crippen molar-refractivity contribution in [3.8, 4) is 0 Å². The Balaban J connectivity index is 2.35. The molecule has 0 saturated carbocycles.